The van der Waals surface area contributed by atoms with E-state index in [1.807, 2.05) is 0 Å². The average molecular weight is 417 g/mol. The van der Waals surface area contributed by atoms with Crippen molar-refractivity contribution < 1.29 is 18.4 Å². The van der Waals surface area contributed by atoms with Gasteiger partial charge < -0.3 is 5.32 Å². The second kappa shape index (κ2) is 8.74. The van der Waals surface area contributed by atoms with Crippen LogP contribution in [-0.4, -0.2) is 22.0 Å². The van der Waals surface area contributed by atoms with Gasteiger partial charge in [-0.25, -0.2) is 8.78 Å². The Bertz CT molecular complexity index is 1060. The molecule has 6 nitrogen and oxygen atoms in total. The Morgan fingerprint density at radius 3 is 2.41 bits per heavy atom. The van der Waals surface area contributed by atoms with Crippen LogP contribution in [0.25, 0.3) is 0 Å². The predicted molar refractivity (Wildman–Crippen MR) is 105 cm³/mol. The molecule has 3 rings (SSSR count). The van der Waals surface area contributed by atoms with Crippen LogP contribution in [0.1, 0.15) is 12.5 Å². The lowest BCUT2D eigenvalue weighted by atomic mass is 10.1. The van der Waals surface area contributed by atoms with Gasteiger partial charge in [-0.15, -0.1) is 5.10 Å². The molecule has 1 aromatic heterocycles. The summed E-state index contributed by atoms with van der Waals surface area (Å²) in [6.07, 6.45) is 1.24. The van der Waals surface area contributed by atoms with E-state index in [1.165, 1.54) is 60.5 Å². The van der Waals surface area contributed by atoms with E-state index in [0.29, 0.717) is 16.9 Å². The maximum Gasteiger partial charge on any atom is 0.229 e. The second-order valence-corrected chi connectivity index (χ2v) is 6.50. The van der Waals surface area contributed by atoms with E-state index in [2.05, 4.69) is 15.5 Å². The number of hydrogen-bond donors (Lipinski definition) is 1. The highest BCUT2D eigenvalue weighted by atomic mass is 35.5. The first kappa shape index (κ1) is 20.3. The van der Waals surface area contributed by atoms with Crippen molar-refractivity contribution >= 4 is 40.6 Å². The Hall–Kier alpha value is -3.39. The minimum atomic E-state index is -0.493. The van der Waals surface area contributed by atoms with Gasteiger partial charge in [0.1, 0.15) is 11.6 Å². The molecule has 3 aromatic rings. The predicted octanol–water partition coefficient (Wildman–Crippen LogP) is 4.27. The second-order valence-electron chi connectivity index (χ2n) is 6.09. The lowest BCUT2D eigenvalue weighted by Crippen LogP contribution is -2.24. The summed E-state index contributed by atoms with van der Waals surface area (Å²) in [5, 5.41) is 10.5. The molecular weight excluding hydrogens is 402 g/mol. The highest BCUT2D eigenvalue weighted by molar-refractivity contribution is 6.31. The summed E-state index contributed by atoms with van der Waals surface area (Å²) < 4.78 is 26.3. The monoisotopic (exact) mass is 416 g/mol. The molecule has 1 N–H and O–H groups in total. The fourth-order valence-electron chi connectivity index (χ4n) is 2.64. The van der Waals surface area contributed by atoms with Gasteiger partial charge in [0.05, 0.1) is 24.0 Å². The highest BCUT2D eigenvalue weighted by Gasteiger charge is 2.17. The zero-order valence-corrected chi connectivity index (χ0v) is 16.0. The Balaban J connectivity index is 1.79. The topological polar surface area (TPSA) is 75.2 Å². The van der Waals surface area contributed by atoms with Gasteiger partial charge in [-0.3, -0.25) is 14.5 Å². The number of aromatic nitrogens is 2. The fourth-order valence-corrected chi connectivity index (χ4v) is 2.88. The van der Waals surface area contributed by atoms with Crippen LogP contribution in [0, 0.1) is 11.6 Å². The van der Waals surface area contributed by atoms with Crippen molar-refractivity contribution in [1.29, 1.82) is 0 Å². The van der Waals surface area contributed by atoms with Gasteiger partial charge in [-0.05, 0) is 42.0 Å². The minimum absolute atomic E-state index is 0.0782. The highest BCUT2D eigenvalue weighted by Crippen LogP contribution is 2.25. The van der Waals surface area contributed by atoms with Crippen LogP contribution in [0.2, 0.25) is 5.02 Å². The maximum atomic E-state index is 13.2. The van der Waals surface area contributed by atoms with Crippen molar-refractivity contribution in [2.45, 2.75) is 13.3 Å². The minimum Gasteiger partial charge on any atom is -0.324 e. The first-order valence-electron chi connectivity index (χ1n) is 8.46. The quantitative estimate of drug-likeness (QED) is 0.673. The van der Waals surface area contributed by atoms with Crippen LogP contribution in [0.5, 0.6) is 0 Å². The van der Waals surface area contributed by atoms with Crippen LogP contribution in [0.4, 0.5) is 26.0 Å². The lowest BCUT2D eigenvalue weighted by molar-refractivity contribution is -0.116. The van der Waals surface area contributed by atoms with E-state index < -0.39 is 17.5 Å². The SMILES string of the molecule is CC(=O)N(c1ccc(F)cc1)c1cc(NC(=O)Cc2ccc(F)cc2Cl)cnn1. The molecule has 1 heterocycles. The van der Waals surface area contributed by atoms with E-state index >= 15 is 0 Å². The number of benzene rings is 2. The molecule has 0 saturated carbocycles. The summed E-state index contributed by atoms with van der Waals surface area (Å²) in [6, 6.07) is 10.5. The third kappa shape index (κ3) is 5.11. The molecule has 0 unspecified atom stereocenters. The average Bonchev–Trinajstić information content (AvgIpc) is 2.66. The number of amides is 2. The first-order chi connectivity index (χ1) is 13.8. The van der Waals surface area contributed by atoms with Crippen LogP contribution in [-0.2, 0) is 16.0 Å². The standard InChI is InChI=1S/C20H15ClF2N4O2/c1-12(28)27(17-6-4-14(22)5-7-17)19-10-16(11-24-26-19)25-20(29)8-13-2-3-15(23)9-18(13)21/h2-7,9-11H,8H2,1H3,(H,25,26,29). The molecule has 29 heavy (non-hydrogen) atoms. The lowest BCUT2D eigenvalue weighted by Gasteiger charge is -2.20. The van der Waals surface area contributed by atoms with Crippen molar-refractivity contribution in [3.63, 3.8) is 0 Å². The molecule has 2 amide bonds. The molecule has 0 atom stereocenters. The van der Waals surface area contributed by atoms with Crippen LogP contribution < -0.4 is 10.2 Å². The summed E-state index contributed by atoms with van der Waals surface area (Å²) in [5.74, 6) is -1.56. The zero-order chi connectivity index (χ0) is 21.0. The van der Waals surface area contributed by atoms with E-state index in [0.717, 1.165) is 6.07 Å². The van der Waals surface area contributed by atoms with E-state index in [9.17, 15) is 18.4 Å². The Kier molecular flexibility index (Phi) is 6.13. The third-order valence-corrected chi connectivity index (χ3v) is 4.27. The van der Waals surface area contributed by atoms with Crippen LogP contribution in [0.3, 0.4) is 0 Å². The van der Waals surface area contributed by atoms with Gasteiger partial charge in [0.2, 0.25) is 11.8 Å². The maximum absolute atomic E-state index is 13.2. The van der Waals surface area contributed by atoms with Gasteiger partial charge in [0.25, 0.3) is 0 Å². The number of halogens is 3. The zero-order valence-electron chi connectivity index (χ0n) is 15.2. The van der Waals surface area contributed by atoms with Crippen molar-refractivity contribution in [3.8, 4) is 0 Å². The van der Waals surface area contributed by atoms with Crippen molar-refractivity contribution in [3.05, 3.63) is 76.9 Å². The number of rotatable bonds is 5. The summed E-state index contributed by atoms with van der Waals surface area (Å²) in [5.41, 5.74) is 1.16. The van der Waals surface area contributed by atoms with E-state index in [4.69, 9.17) is 11.6 Å². The number of nitrogens with zero attached hydrogens (tertiary/aromatic N) is 3. The molecule has 0 spiro atoms. The van der Waals surface area contributed by atoms with Gasteiger partial charge in [-0.1, -0.05) is 17.7 Å². The molecule has 148 valence electrons. The van der Waals surface area contributed by atoms with Crippen LogP contribution >= 0.6 is 11.6 Å². The molecule has 0 aliphatic carbocycles. The molecule has 0 aliphatic rings. The number of carbonyl (C=O) groups is 2. The molecule has 2 aromatic carbocycles. The van der Waals surface area contributed by atoms with Crippen molar-refractivity contribution in [2.75, 3.05) is 10.2 Å². The molecule has 0 saturated heterocycles. The largest absolute Gasteiger partial charge is 0.324 e. The molecule has 9 heteroatoms. The van der Waals surface area contributed by atoms with Gasteiger partial charge in [-0.2, -0.15) is 5.10 Å². The summed E-state index contributed by atoms with van der Waals surface area (Å²) in [4.78, 5) is 25.6. The van der Waals surface area contributed by atoms with Gasteiger partial charge in [0, 0.05) is 18.0 Å². The third-order valence-electron chi connectivity index (χ3n) is 3.92. The van der Waals surface area contributed by atoms with Crippen molar-refractivity contribution in [1.82, 2.24) is 10.2 Å². The molecule has 0 aliphatic heterocycles. The summed E-state index contributed by atoms with van der Waals surface area (Å²) in [7, 11) is 0. The molecule has 0 bridgehead atoms. The number of hydrogen-bond acceptors (Lipinski definition) is 4. The van der Waals surface area contributed by atoms with E-state index in [-0.39, 0.29) is 23.2 Å². The molecule has 0 radical (unpaired) electrons. The number of carbonyl (C=O) groups excluding carboxylic acids is 2. The normalized spacial score (nSPS) is 10.5. The smallest absolute Gasteiger partial charge is 0.229 e. The number of nitrogens with one attached hydrogen (secondary N) is 1. The molecular formula is C20H15ClF2N4O2. The first-order valence-corrected chi connectivity index (χ1v) is 8.84. The Morgan fingerprint density at radius 1 is 1.07 bits per heavy atom. The Morgan fingerprint density at radius 2 is 1.76 bits per heavy atom. The Labute approximate surface area is 170 Å². The van der Waals surface area contributed by atoms with Crippen molar-refractivity contribution in [2.24, 2.45) is 0 Å². The fraction of sp³-hybridized carbons (Fsp3) is 0.100. The molecule has 0 fully saturated rings. The van der Waals surface area contributed by atoms with E-state index in [1.54, 1.807) is 0 Å². The van der Waals surface area contributed by atoms with Crippen LogP contribution in [0.15, 0.2) is 54.7 Å². The summed E-state index contributed by atoms with van der Waals surface area (Å²) in [6.45, 7) is 1.33. The summed E-state index contributed by atoms with van der Waals surface area (Å²) >= 11 is 5.94. The van der Waals surface area contributed by atoms with Gasteiger partial charge in [0.15, 0.2) is 5.82 Å². The van der Waals surface area contributed by atoms with Gasteiger partial charge >= 0.3 is 0 Å². The number of anilines is 3.